The Morgan fingerprint density at radius 1 is 1.12 bits per heavy atom. The molecule has 1 aliphatic rings. The van der Waals surface area contributed by atoms with Gasteiger partial charge in [-0.1, -0.05) is 58.3 Å². The van der Waals surface area contributed by atoms with E-state index in [0.717, 1.165) is 6.42 Å². The molecule has 0 saturated carbocycles. The zero-order chi connectivity index (χ0) is 13.6. The summed E-state index contributed by atoms with van der Waals surface area (Å²) in [6, 6.07) is 1.18. The predicted octanol–water partition coefficient (Wildman–Crippen LogP) is 4.29. The molecule has 0 aliphatic heterocycles. The van der Waals surface area contributed by atoms with Gasteiger partial charge in [-0.3, -0.25) is 0 Å². The van der Waals surface area contributed by atoms with Crippen molar-refractivity contribution in [2.75, 3.05) is 0 Å². The van der Waals surface area contributed by atoms with Crippen LogP contribution in [-0.4, -0.2) is 27.4 Å². The van der Waals surface area contributed by atoms with E-state index in [9.17, 15) is 5.11 Å². The number of rotatable bonds is 3. The Balaban J connectivity index is 3.25. The van der Waals surface area contributed by atoms with Gasteiger partial charge in [-0.25, -0.2) is 0 Å². The molecule has 0 bridgehead atoms. The van der Waals surface area contributed by atoms with Crippen LogP contribution in [0.25, 0.3) is 0 Å². The van der Waals surface area contributed by atoms with Crippen LogP contribution in [0.2, 0.25) is 45.3 Å². The third-order valence-corrected chi connectivity index (χ3v) is 7.51. The Hall–Kier alpha value is 0.134. The maximum Gasteiger partial charge on any atom is 0.0754 e. The minimum Gasteiger partial charge on any atom is -0.389 e. The van der Waals surface area contributed by atoms with E-state index in [0.29, 0.717) is 0 Å². The highest BCUT2D eigenvalue weighted by Crippen LogP contribution is 2.48. The van der Waals surface area contributed by atoms with Gasteiger partial charge in [-0.05, 0) is 23.5 Å². The fourth-order valence-corrected chi connectivity index (χ4v) is 8.67. The van der Waals surface area contributed by atoms with Crippen molar-refractivity contribution < 1.29 is 5.11 Å². The molecule has 1 aliphatic carbocycles. The molecular formula is C14H30OSi2. The van der Waals surface area contributed by atoms with E-state index < -0.39 is 16.1 Å². The molecular weight excluding hydrogens is 240 g/mol. The van der Waals surface area contributed by atoms with E-state index in [1.807, 2.05) is 0 Å². The smallest absolute Gasteiger partial charge is 0.0754 e. The highest BCUT2D eigenvalue weighted by Gasteiger charge is 2.44. The molecule has 1 N–H and O–H groups in total. The van der Waals surface area contributed by atoms with Gasteiger partial charge in [0.15, 0.2) is 0 Å². The maximum atomic E-state index is 10.4. The molecule has 0 aromatic heterocycles. The minimum atomic E-state index is -1.32. The van der Waals surface area contributed by atoms with E-state index in [1.165, 1.54) is 11.6 Å². The average molecular weight is 271 g/mol. The normalized spacial score (nSPS) is 25.6. The number of aliphatic hydroxyl groups is 1. The second-order valence-corrected chi connectivity index (χ2v) is 19.0. The standard InChI is InChI=1S/C14H30OSi2/c1-14(2)9-12(15)11(10-16(3,4)5)13(14)17(6,7)8/h12,15H,9-10H2,1-8H3/t12-/m0/s1. The molecule has 1 atom stereocenters. The van der Waals surface area contributed by atoms with Crippen LogP contribution < -0.4 is 0 Å². The van der Waals surface area contributed by atoms with Crippen LogP contribution in [0, 0.1) is 5.41 Å². The summed E-state index contributed by atoms with van der Waals surface area (Å²) in [6.07, 6.45) is 0.769. The molecule has 0 saturated heterocycles. The monoisotopic (exact) mass is 270 g/mol. The first-order valence-electron chi connectivity index (χ1n) is 6.77. The van der Waals surface area contributed by atoms with Crippen LogP contribution in [0.3, 0.4) is 0 Å². The molecule has 1 nitrogen and oxygen atoms in total. The van der Waals surface area contributed by atoms with Crippen LogP contribution >= 0.6 is 0 Å². The molecule has 0 radical (unpaired) electrons. The lowest BCUT2D eigenvalue weighted by atomic mass is 9.92. The van der Waals surface area contributed by atoms with Gasteiger partial charge in [-0.2, -0.15) is 0 Å². The van der Waals surface area contributed by atoms with Crippen molar-refractivity contribution in [2.45, 2.75) is 71.7 Å². The molecule has 0 unspecified atom stereocenters. The highest BCUT2D eigenvalue weighted by molar-refractivity contribution is 6.84. The third kappa shape index (κ3) is 3.55. The molecule has 17 heavy (non-hydrogen) atoms. The van der Waals surface area contributed by atoms with Gasteiger partial charge in [0.05, 0.1) is 14.2 Å². The summed E-state index contributed by atoms with van der Waals surface area (Å²) < 4.78 is 0. The zero-order valence-electron chi connectivity index (χ0n) is 12.9. The molecule has 100 valence electrons. The third-order valence-electron chi connectivity index (χ3n) is 3.57. The van der Waals surface area contributed by atoms with E-state index >= 15 is 0 Å². The lowest BCUT2D eigenvalue weighted by molar-refractivity contribution is 0.183. The van der Waals surface area contributed by atoms with Crippen LogP contribution in [0.5, 0.6) is 0 Å². The fraction of sp³-hybridized carbons (Fsp3) is 0.857. The van der Waals surface area contributed by atoms with Crippen molar-refractivity contribution in [1.29, 1.82) is 0 Å². The fourth-order valence-electron chi connectivity index (χ4n) is 3.58. The number of hydrogen-bond donors (Lipinski definition) is 1. The summed E-state index contributed by atoms with van der Waals surface area (Å²) in [5.74, 6) is 0. The Morgan fingerprint density at radius 2 is 1.59 bits per heavy atom. The van der Waals surface area contributed by atoms with Gasteiger partial charge >= 0.3 is 0 Å². The van der Waals surface area contributed by atoms with Gasteiger partial charge in [0.25, 0.3) is 0 Å². The lowest BCUT2D eigenvalue weighted by Crippen LogP contribution is -2.33. The second kappa shape index (κ2) is 4.35. The Bertz CT molecular complexity index is 329. The number of aliphatic hydroxyl groups excluding tert-OH is 1. The summed E-state index contributed by atoms with van der Waals surface area (Å²) in [5, 5.41) is 12.1. The Morgan fingerprint density at radius 3 is 1.94 bits per heavy atom. The topological polar surface area (TPSA) is 20.2 Å². The molecule has 0 fully saturated rings. The summed E-state index contributed by atoms with van der Waals surface area (Å²) in [6.45, 7) is 19.1. The van der Waals surface area contributed by atoms with E-state index in [2.05, 4.69) is 53.1 Å². The van der Waals surface area contributed by atoms with Crippen molar-refractivity contribution in [3.8, 4) is 0 Å². The number of allylic oxidation sites excluding steroid dienone is 1. The first-order chi connectivity index (χ1) is 7.34. The minimum absolute atomic E-state index is 0.168. The lowest BCUT2D eigenvalue weighted by Gasteiger charge is -2.33. The molecule has 0 aromatic rings. The van der Waals surface area contributed by atoms with Gasteiger partial charge in [0.1, 0.15) is 0 Å². The van der Waals surface area contributed by atoms with Crippen LogP contribution in [0.4, 0.5) is 0 Å². The first kappa shape index (κ1) is 15.2. The maximum absolute atomic E-state index is 10.4. The average Bonchev–Trinajstić information content (AvgIpc) is 2.15. The second-order valence-electron chi connectivity index (χ2n) is 8.49. The Labute approximate surface area is 109 Å². The quantitative estimate of drug-likeness (QED) is 0.759. The number of hydrogen-bond acceptors (Lipinski definition) is 1. The predicted molar refractivity (Wildman–Crippen MR) is 82.9 cm³/mol. The Kier molecular flexibility index (Phi) is 3.89. The van der Waals surface area contributed by atoms with Gasteiger partial charge < -0.3 is 5.11 Å². The van der Waals surface area contributed by atoms with Crippen molar-refractivity contribution >= 4 is 16.1 Å². The van der Waals surface area contributed by atoms with Gasteiger partial charge in [0.2, 0.25) is 0 Å². The molecule has 0 heterocycles. The van der Waals surface area contributed by atoms with Crippen LogP contribution in [0.1, 0.15) is 20.3 Å². The summed E-state index contributed by atoms with van der Waals surface area (Å²) in [5.41, 5.74) is 1.65. The highest BCUT2D eigenvalue weighted by atomic mass is 28.3. The SMILES string of the molecule is CC1(C)C[C@H](O)C(C[Si](C)(C)C)=C1[Si](C)(C)C. The summed E-state index contributed by atoms with van der Waals surface area (Å²) in [7, 11) is -2.47. The van der Waals surface area contributed by atoms with Crippen LogP contribution in [0.15, 0.2) is 10.8 Å². The largest absolute Gasteiger partial charge is 0.389 e. The van der Waals surface area contributed by atoms with Crippen LogP contribution in [-0.2, 0) is 0 Å². The van der Waals surface area contributed by atoms with Gasteiger partial charge in [-0.15, -0.1) is 0 Å². The molecule has 0 aromatic carbocycles. The van der Waals surface area contributed by atoms with Crippen molar-refractivity contribution in [3.63, 3.8) is 0 Å². The summed E-state index contributed by atoms with van der Waals surface area (Å²) >= 11 is 0. The summed E-state index contributed by atoms with van der Waals surface area (Å²) in [4.78, 5) is 0. The van der Waals surface area contributed by atoms with Crippen molar-refractivity contribution in [1.82, 2.24) is 0 Å². The van der Waals surface area contributed by atoms with Gasteiger partial charge in [0, 0.05) is 8.07 Å². The molecule has 3 heteroatoms. The van der Waals surface area contributed by atoms with Crippen molar-refractivity contribution in [3.05, 3.63) is 10.8 Å². The van der Waals surface area contributed by atoms with E-state index in [4.69, 9.17) is 0 Å². The molecule has 0 amide bonds. The van der Waals surface area contributed by atoms with E-state index in [1.54, 1.807) is 5.20 Å². The van der Waals surface area contributed by atoms with Crippen molar-refractivity contribution in [2.24, 2.45) is 5.41 Å². The first-order valence-corrected chi connectivity index (χ1v) is 14.0. The van der Waals surface area contributed by atoms with E-state index in [-0.39, 0.29) is 11.5 Å². The molecule has 0 spiro atoms. The molecule has 1 rings (SSSR count). The zero-order valence-corrected chi connectivity index (χ0v) is 14.9.